The molecule has 0 aromatic heterocycles. The first-order valence-electron chi connectivity index (χ1n) is 5.76. The zero-order chi connectivity index (χ0) is 11.9. The normalized spacial score (nSPS) is 14.6. The van der Waals surface area contributed by atoms with Crippen LogP contribution in [0.25, 0.3) is 0 Å². The Bertz CT molecular complexity index is 154. The zero-order valence-corrected chi connectivity index (χ0v) is 10.9. The first-order valence-corrected chi connectivity index (χ1v) is 5.76. The molecule has 0 saturated heterocycles. The lowest BCUT2D eigenvalue weighted by molar-refractivity contribution is 0.0566. The Morgan fingerprint density at radius 1 is 1.27 bits per heavy atom. The maximum atomic E-state index is 9.44. The van der Waals surface area contributed by atoms with Crippen molar-refractivity contribution in [2.75, 3.05) is 27.3 Å². The molecule has 92 valence electrons. The number of hydrogen-bond acceptors (Lipinski definition) is 3. The quantitative estimate of drug-likeness (QED) is 0.661. The van der Waals surface area contributed by atoms with Crippen LogP contribution < -0.4 is 0 Å². The summed E-state index contributed by atoms with van der Waals surface area (Å²) in [6, 6.07) is 0. The highest BCUT2D eigenvalue weighted by Gasteiger charge is 2.15. The Morgan fingerprint density at radius 3 is 2.33 bits per heavy atom. The first-order chi connectivity index (χ1) is 6.88. The van der Waals surface area contributed by atoms with E-state index < -0.39 is 0 Å². The summed E-state index contributed by atoms with van der Waals surface area (Å²) < 4.78 is 4.88. The van der Waals surface area contributed by atoms with Crippen molar-refractivity contribution in [1.82, 2.24) is 4.90 Å². The molecule has 1 unspecified atom stereocenters. The molecule has 0 aromatic carbocycles. The molecule has 0 bridgehead atoms. The summed E-state index contributed by atoms with van der Waals surface area (Å²) >= 11 is 0. The van der Waals surface area contributed by atoms with E-state index in [0.29, 0.717) is 6.61 Å². The molecular formula is C12H27NO2. The molecule has 1 atom stereocenters. The van der Waals surface area contributed by atoms with Gasteiger partial charge in [-0.2, -0.15) is 0 Å². The molecule has 3 nitrogen and oxygen atoms in total. The molecule has 15 heavy (non-hydrogen) atoms. The third kappa shape index (κ3) is 7.77. The second-order valence-electron chi connectivity index (χ2n) is 5.20. The Labute approximate surface area is 94.4 Å². The van der Waals surface area contributed by atoms with Crippen LogP contribution in [0.5, 0.6) is 0 Å². The second-order valence-corrected chi connectivity index (χ2v) is 5.20. The molecule has 0 fully saturated rings. The summed E-state index contributed by atoms with van der Waals surface area (Å²) in [4.78, 5) is 2.34. The Hall–Kier alpha value is -0.120. The largest absolute Gasteiger partial charge is 0.391 e. The Kier molecular flexibility index (Phi) is 7.14. The number of aliphatic hydroxyl groups excluding tert-OH is 1. The van der Waals surface area contributed by atoms with Gasteiger partial charge in [0.1, 0.15) is 0 Å². The third-order valence-electron chi connectivity index (χ3n) is 2.79. The molecular weight excluding hydrogens is 190 g/mol. The molecule has 0 saturated carbocycles. The van der Waals surface area contributed by atoms with Crippen LogP contribution in [-0.2, 0) is 4.74 Å². The molecule has 0 aliphatic carbocycles. The highest BCUT2D eigenvalue weighted by molar-refractivity contribution is 4.72. The predicted molar refractivity (Wildman–Crippen MR) is 64.1 cm³/mol. The Balaban J connectivity index is 3.46. The van der Waals surface area contributed by atoms with E-state index in [-0.39, 0.29) is 11.6 Å². The third-order valence-corrected chi connectivity index (χ3v) is 2.79. The fraction of sp³-hybridized carbons (Fsp3) is 1.00. The minimum Gasteiger partial charge on any atom is -0.391 e. The predicted octanol–water partition coefficient (Wildman–Crippen LogP) is 1.89. The van der Waals surface area contributed by atoms with Crippen LogP contribution in [-0.4, -0.2) is 49.0 Å². The van der Waals surface area contributed by atoms with Crippen molar-refractivity contribution in [3.63, 3.8) is 0 Å². The van der Waals surface area contributed by atoms with E-state index in [1.54, 1.807) is 7.11 Å². The van der Waals surface area contributed by atoms with Crippen molar-refractivity contribution >= 4 is 0 Å². The van der Waals surface area contributed by atoms with E-state index in [1.807, 2.05) is 0 Å². The first kappa shape index (κ1) is 14.9. The van der Waals surface area contributed by atoms with E-state index >= 15 is 0 Å². The van der Waals surface area contributed by atoms with E-state index in [9.17, 15) is 5.11 Å². The van der Waals surface area contributed by atoms with E-state index in [1.165, 1.54) is 0 Å². The molecule has 0 spiro atoms. The van der Waals surface area contributed by atoms with Crippen molar-refractivity contribution < 1.29 is 9.84 Å². The summed E-state index contributed by atoms with van der Waals surface area (Å²) in [6.45, 7) is 8.19. The average molecular weight is 217 g/mol. The topological polar surface area (TPSA) is 32.7 Å². The number of unbranched alkanes of at least 4 members (excludes halogenated alkanes) is 1. The summed E-state index contributed by atoms with van der Waals surface area (Å²) in [5, 5.41) is 9.44. The number of aliphatic hydroxyl groups is 1. The number of ether oxygens (including phenoxy) is 1. The maximum Gasteiger partial charge on any atom is 0.0773 e. The van der Waals surface area contributed by atoms with Crippen molar-refractivity contribution in [3.05, 3.63) is 0 Å². The van der Waals surface area contributed by atoms with E-state index in [2.05, 4.69) is 32.7 Å². The molecule has 1 N–H and O–H groups in total. The molecule has 0 aliphatic rings. The van der Waals surface area contributed by atoms with Gasteiger partial charge in [0.05, 0.1) is 12.7 Å². The molecule has 0 rings (SSSR count). The van der Waals surface area contributed by atoms with Gasteiger partial charge in [-0.25, -0.2) is 0 Å². The number of hydrogen-bond donors (Lipinski definition) is 1. The van der Waals surface area contributed by atoms with Crippen LogP contribution in [0.2, 0.25) is 0 Å². The molecule has 0 amide bonds. The van der Waals surface area contributed by atoms with Crippen molar-refractivity contribution in [3.8, 4) is 0 Å². The fourth-order valence-corrected chi connectivity index (χ4v) is 1.34. The van der Waals surface area contributed by atoms with Crippen LogP contribution in [0, 0.1) is 0 Å². The number of nitrogens with zero attached hydrogens (tertiary/aromatic N) is 1. The number of rotatable bonds is 7. The Morgan fingerprint density at radius 2 is 1.87 bits per heavy atom. The zero-order valence-electron chi connectivity index (χ0n) is 10.9. The van der Waals surface area contributed by atoms with Gasteiger partial charge in [-0.05, 0) is 53.6 Å². The standard InChI is InChI=1S/C12H27NO2/c1-12(2,3)13(4)9-7-6-8-11(14)10-15-5/h11,14H,6-10H2,1-5H3. The minimum absolute atomic E-state index is 0.241. The van der Waals surface area contributed by atoms with Crippen LogP contribution >= 0.6 is 0 Å². The van der Waals surface area contributed by atoms with Gasteiger partial charge in [0.2, 0.25) is 0 Å². The van der Waals surface area contributed by atoms with Gasteiger partial charge in [-0.3, -0.25) is 0 Å². The molecule has 0 heterocycles. The summed E-state index contributed by atoms with van der Waals surface area (Å²) in [7, 11) is 3.77. The number of methoxy groups -OCH3 is 1. The van der Waals surface area contributed by atoms with Gasteiger partial charge in [-0.15, -0.1) is 0 Å². The SMILES string of the molecule is COCC(O)CCCCN(C)C(C)(C)C. The monoisotopic (exact) mass is 217 g/mol. The molecule has 3 heteroatoms. The molecule has 0 aromatic rings. The van der Waals surface area contributed by atoms with Crippen LogP contribution in [0.3, 0.4) is 0 Å². The lowest BCUT2D eigenvalue weighted by Gasteiger charge is -2.31. The second kappa shape index (κ2) is 7.20. The summed E-state index contributed by atoms with van der Waals surface area (Å²) in [5.41, 5.74) is 0.241. The lowest BCUT2D eigenvalue weighted by atomic mass is 10.1. The van der Waals surface area contributed by atoms with Gasteiger partial charge in [0.15, 0.2) is 0 Å². The highest BCUT2D eigenvalue weighted by Crippen LogP contribution is 2.12. The van der Waals surface area contributed by atoms with Gasteiger partial charge in [0, 0.05) is 12.6 Å². The van der Waals surface area contributed by atoms with Crippen molar-refractivity contribution in [2.45, 2.75) is 51.7 Å². The maximum absolute atomic E-state index is 9.44. The highest BCUT2D eigenvalue weighted by atomic mass is 16.5. The summed E-state index contributed by atoms with van der Waals surface area (Å²) in [5.74, 6) is 0. The van der Waals surface area contributed by atoms with Crippen molar-refractivity contribution in [2.24, 2.45) is 0 Å². The fourth-order valence-electron chi connectivity index (χ4n) is 1.34. The summed E-state index contributed by atoms with van der Waals surface area (Å²) in [6.07, 6.45) is 2.74. The lowest BCUT2D eigenvalue weighted by Crippen LogP contribution is -2.38. The van der Waals surface area contributed by atoms with Gasteiger partial charge >= 0.3 is 0 Å². The van der Waals surface area contributed by atoms with E-state index in [4.69, 9.17) is 4.74 Å². The van der Waals surface area contributed by atoms with Crippen LogP contribution in [0.4, 0.5) is 0 Å². The van der Waals surface area contributed by atoms with Crippen molar-refractivity contribution in [1.29, 1.82) is 0 Å². The van der Waals surface area contributed by atoms with Gasteiger partial charge < -0.3 is 14.7 Å². The van der Waals surface area contributed by atoms with Gasteiger partial charge in [-0.1, -0.05) is 0 Å². The average Bonchev–Trinajstić information content (AvgIpc) is 2.11. The van der Waals surface area contributed by atoms with E-state index in [0.717, 1.165) is 25.8 Å². The van der Waals surface area contributed by atoms with Crippen LogP contribution in [0.15, 0.2) is 0 Å². The molecule has 0 aliphatic heterocycles. The minimum atomic E-state index is -0.296. The smallest absolute Gasteiger partial charge is 0.0773 e. The molecule has 0 radical (unpaired) electrons. The van der Waals surface area contributed by atoms with Gasteiger partial charge in [0.25, 0.3) is 0 Å². The van der Waals surface area contributed by atoms with Crippen LogP contribution in [0.1, 0.15) is 40.0 Å².